The number of aromatic nitrogens is 1. The molecule has 0 fully saturated rings. The second-order valence-electron chi connectivity index (χ2n) is 3.10. The van der Waals surface area contributed by atoms with Gasteiger partial charge in [0.25, 0.3) is 0 Å². The Hall–Kier alpha value is -1.27. The molecule has 0 spiro atoms. The molecule has 2 N–H and O–H groups in total. The van der Waals surface area contributed by atoms with Crippen LogP contribution in [0, 0.1) is 5.82 Å². The second-order valence-corrected chi connectivity index (χ2v) is 5.50. The monoisotopic (exact) mass is 256 g/mol. The molecule has 0 saturated carbocycles. The summed E-state index contributed by atoms with van der Waals surface area (Å²) in [7, 11) is -1.28. The Morgan fingerprint density at radius 1 is 1.50 bits per heavy atom. The van der Waals surface area contributed by atoms with Crippen molar-refractivity contribution in [2.24, 2.45) is 0 Å². The number of nitrogens with zero attached hydrogens (tertiary/aromatic N) is 1. The molecule has 1 aromatic heterocycles. The van der Waals surface area contributed by atoms with Crippen LogP contribution in [0.15, 0.2) is 34.7 Å². The lowest BCUT2D eigenvalue weighted by molar-refractivity contribution is 0.627. The van der Waals surface area contributed by atoms with Gasteiger partial charge in [-0.05, 0) is 18.2 Å². The number of hydrogen-bond acceptors (Lipinski definition) is 4. The van der Waals surface area contributed by atoms with Crippen LogP contribution in [-0.4, -0.2) is 9.19 Å². The van der Waals surface area contributed by atoms with E-state index in [1.54, 1.807) is 6.20 Å². The largest absolute Gasteiger partial charge is 0.398 e. The summed E-state index contributed by atoms with van der Waals surface area (Å²) in [5.74, 6) is -0.111. The zero-order valence-electron chi connectivity index (χ0n) is 8.22. The summed E-state index contributed by atoms with van der Waals surface area (Å²) in [4.78, 5) is 4.49. The van der Waals surface area contributed by atoms with Crippen molar-refractivity contribution >= 4 is 27.8 Å². The molecular formula is C10H9FN2OS2. The van der Waals surface area contributed by atoms with Crippen molar-refractivity contribution in [3.63, 3.8) is 0 Å². The van der Waals surface area contributed by atoms with Crippen molar-refractivity contribution < 1.29 is 8.60 Å². The van der Waals surface area contributed by atoms with Crippen LogP contribution in [0.3, 0.4) is 0 Å². The zero-order valence-corrected chi connectivity index (χ0v) is 9.85. The highest BCUT2D eigenvalue weighted by Gasteiger charge is 2.10. The van der Waals surface area contributed by atoms with Gasteiger partial charge < -0.3 is 5.73 Å². The molecule has 0 amide bonds. The average Bonchev–Trinajstić information content (AvgIpc) is 2.70. The van der Waals surface area contributed by atoms with Gasteiger partial charge in [-0.1, -0.05) is 0 Å². The van der Waals surface area contributed by atoms with Crippen LogP contribution in [0.4, 0.5) is 10.1 Å². The van der Waals surface area contributed by atoms with Crippen LogP contribution < -0.4 is 5.73 Å². The van der Waals surface area contributed by atoms with E-state index < -0.39 is 16.6 Å². The number of thiazole rings is 1. The van der Waals surface area contributed by atoms with Gasteiger partial charge in [-0.25, -0.2) is 9.37 Å². The lowest BCUT2D eigenvalue weighted by Crippen LogP contribution is -2.01. The molecule has 2 aromatic rings. The molecule has 1 aromatic carbocycles. The molecule has 0 bridgehead atoms. The van der Waals surface area contributed by atoms with E-state index in [2.05, 4.69) is 4.98 Å². The summed E-state index contributed by atoms with van der Waals surface area (Å²) in [5, 5.41) is 2.60. The maximum atomic E-state index is 12.8. The standard InChI is InChI=1S/C10H9FN2OS2/c11-7-1-2-9(8(12)5-7)16(14)6-10-13-3-4-15-10/h1-5H,6,12H2. The molecule has 1 atom stereocenters. The Labute approximate surface area is 98.6 Å². The number of hydrogen-bond donors (Lipinski definition) is 1. The number of nitrogens with two attached hydrogens (primary N) is 1. The molecule has 16 heavy (non-hydrogen) atoms. The Morgan fingerprint density at radius 2 is 2.31 bits per heavy atom. The summed E-state index contributed by atoms with van der Waals surface area (Å²) in [6.07, 6.45) is 1.66. The molecule has 2 rings (SSSR count). The highest BCUT2D eigenvalue weighted by molar-refractivity contribution is 7.84. The molecule has 6 heteroatoms. The Balaban J connectivity index is 2.21. The fourth-order valence-electron chi connectivity index (χ4n) is 1.24. The van der Waals surface area contributed by atoms with Gasteiger partial charge in [0.15, 0.2) is 0 Å². The summed E-state index contributed by atoms with van der Waals surface area (Å²) in [6.45, 7) is 0. The van der Waals surface area contributed by atoms with Gasteiger partial charge in [-0.2, -0.15) is 0 Å². The van der Waals surface area contributed by atoms with Gasteiger partial charge in [-0.15, -0.1) is 11.3 Å². The summed E-state index contributed by atoms with van der Waals surface area (Å²) in [5.41, 5.74) is 5.82. The lowest BCUT2D eigenvalue weighted by Gasteiger charge is -2.04. The third-order valence-corrected chi connectivity index (χ3v) is 4.32. The number of anilines is 1. The Morgan fingerprint density at radius 3 is 2.94 bits per heavy atom. The van der Waals surface area contributed by atoms with Gasteiger partial charge in [0, 0.05) is 11.6 Å². The molecule has 0 saturated heterocycles. The highest BCUT2D eigenvalue weighted by Crippen LogP contribution is 2.20. The molecule has 0 aliphatic rings. The molecule has 0 radical (unpaired) electrons. The van der Waals surface area contributed by atoms with Crippen LogP contribution in [-0.2, 0) is 16.6 Å². The topological polar surface area (TPSA) is 56.0 Å². The first-order valence-electron chi connectivity index (χ1n) is 4.48. The van der Waals surface area contributed by atoms with E-state index in [0.717, 1.165) is 5.01 Å². The fraction of sp³-hybridized carbons (Fsp3) is 0.100. The molecule has 1 unspecified atom stereocenters. The smallest absolute Gasteiger partial charge is 0.125 e. The van der Waals surface area contributed by atoms with Crippen LogP contribution in [0.2, 0.25) is 0 Å². The molecule has 3 nitrogen and oxygen atoms in total. The number of nitrogen functional groups attached to an aromatic ring is 1. The summed E-state index contributed by atoms with van der Waals surface area (Å²) in [6, 6.07) is 3.88. The van der Waals surface area contributed by atoms with Crippen LogP contribution >= 0.6 is 11.3 Å². The third-order valence-electron chi connectivity index (χ3n) is 1.96. The molecule has 0 aliphatic carbocycles. The van der Waals surface area contributed by atoms with Crippen molar-refractivity contribution in [3.05, 3.63) is 40.6 Å². The summed E-state index contributed by atoms with van der Waals surface area (Å²) >= 11 is 1.44. The minimum atomic E-state index is -1.28. The van der Waals surface area contributed by atoms with E-state index in [0.29, 0.717) is 10.6 Å². The first-order valence-corrected chi connectivity index (χ1v) is 6.68. The quantitative estimate of drug-likeness (QED) is 0.856. The second kappa shape index (κ2) is 4.71. The van der Waals surface area contributed by atoms with Crippen molar-refractivity contribution in [2.45, 2.75) is 10.6 Å². The van der Waals surface area contributed by atoms with Crippen molar-refractivity contribution in [2.75, 3.05) is 5.73 Å². The van der Waals surface area contributed by atoms with Gasteiger partial charge in [0.2, 0.25) is 0 Å². The van der Waals surface area contributed by atoms with E-state index in [1.807, 2.05) is 5.38 Å². The predicted molar refractivity (Wildman–Crippen MR) is 63.0 cm³/mol. The number of rotatable bonds is 3. The van der Waals surface area contributed by atoms with E-state index in [-0.39, 0.29) is 5.69 Å². The minimum Gasteiger partial charge on any atom is -0.398 e. The SMILES string of the molecule is Nc1cc(F)ccc1S(=O)Cc1nccs1. The van der Waals surface area contributed by atoms with Gasteiger partial charge in [0.05, 0.1) is 27.1 Å². The van der Waals surface area contributed by atoms with Crippen molar-refractivity contribution in [1.82, 2.24) is 4.98 Å². The van der Waals surface area contributed by atoms with Gasteiger partial charge in [-0.3, -0.25) is 4.21 Å². The third kappa shape index (κ3) is 2.45. The molecule has 1 heterocycles. The highest BCUT2D eigenvalue weighted by atomic mass is 32.2. The van der Waals surface area contributed by atoms with Crippen LogP contribution in [0.5, 0.6) is 0 Å². The number of benzene rings is 1. The average molecular weight is 256 g/mol. The maximum absolute atomic E-state index is 12.8. The predicted octanol–water partition coefficient (Wildman–Crippen LogP) is 2.17. The lowest BCUT2D eigenvalue weighted by atomic mass is 10.3. The van der Waals surface area contributed by atoms with E-state index in [1.165, 1.54) is 29.5 Å². The first kappa shape index (κ1) is 11.2. The molecule has 84 valence electrons. The minimum absolute atomic E-state index is 0.217. The van der Waals surface area contributed by atoms with Crippen LogP contribution in [0.1, 0.15) is 5.01 Å². The van der Waals surface area contributed by atoms with Gasteiger partial charge >= 0.3 is 0 Å². The van der Waals surface area contributed by atoms with E-state index in [4.69, 9.17) is 5.73 Å². The van der Waals surface area contributed by atoms with Crippen LogP contribution in [0.25, 0.3) is 0 Å². The normalized spacial score (nSPS) is 12.6. The number of halogens is 1. The van der Waals surface area contributed by atoms with Gasteiger partial charge in [0.1, 0.15) is 10.8 Å². The molecule has 0 aliphatic heterocycles. The van der Waals surface area contributed by atoms with E-state index >= 15 is 0 Å². The van der Waals surface area contributed by atoms with Crippen molar-refractivity contribution in [1.29, 1.82) is 0 Å². The van der Waals surface area contributed by atoms with Crippen molar-refractivity contribution in [3.8, 4) is 0 Å². The maximum Gasteiger partial charge on any atom is 0.125 e. The molecular weight excluding hydrogens is 247 g/mol. The Bertz CT molecular complexity index is 514. The summed E-state index contributed by atoms with van der Waals surface area (Å²) < 4.78 is 24.7. The van der Waals surface area contributed by atoms with E-state index in [9.17, 15) is 8.60 Å². The first-order chi connectivity index (χ1) is 7.66. The fourth-order valence-corrected chi connectivity index (χ4v) is 3.23. The zero-order chi connectivity index (χ0) is 11.5. The Kier molecular flexibility index (Phi) is 3.31.